The van der Waals surface area contributed by atoms with Crippen molar-refractivity contribution in [3.8, 4) is 17.3 Å². The average molecular weight is 170 g/mol. The highest BCUT2D eigenvalue weighted by molar-refractivity contribution is 5.65. The van der Waals surface area contributed by atoms with Crippen LogP contribution in [0.2, 0.25) is 0 Å². The summed E-state index contributed by atoms with van der Waals surface area (Å²) >= 11 is 0. The van der Waals surface area contributed by atoms with Gasteiger partial charge in [0, 0.05) is 5.56 Å². The molecule has 62 valence electrons. The Morgan fingerprint density at radius 3 is 2.85 bits per heavy atom. The first-order valence-corrected chi connectivity index (χ1v) is 3.78. The summed E-state index contributed by atoms with van der Waals surface area (Å²) in [6, 6.07) is 9.39. The molecule has 0 amide bonds. The van der Waals surface area contributed by atoms with Crippen molar-refractivity contribution in [1.82, 2.24) is 15.4 Å². The van der Waals surface area contributed by atoms with Crippen LogP contribution in [-0.2, 0) is 0 Å². The van der Waals surface area contributed by atoms with Crippen LogP contribution in [0.1, 0.15) is 5.56 Å². The number of benzene rings is 1. The van der Waals surface area contributed by atoms with E-state index < -0.39 is 0 Å². The van der Waals surface area contributed by atoms with Crippen molar-refractivity contribution in [3.05, 3.63) is 36.0 Å². The number of nitrogens with zero attached hydrogens (tertiary/aromatic N) is 3. The third kappa shape index (κ3) is 1.27. The van der Waals surface area contributed by atoms with Crippen molar-refractivity contribution in [3.63, 3.8) is 0 Å². The lowest BCUT2D eigenvalue weighted by Gasteiger charge is -1.96. The third-order valence-electron chi connectivity index (χ3n) is 1.74. The van der Waals surface area contributed by atoms with Gasteiger partial charge in [-0.25, -0.2) is 0 Å². The minimum Gasteiger partial charge on any atom is -0.265 e. The molecule has 4 heteroatoms. The smallest absolute Gasteiger partial charge is 0.114 e. The predicted octanol–water partition coefficient (Wildman–Crippen LogP) is 1.34. The lowest BCUT2D eigenvalue weighted by molar-refractivity contribution is 0.942. The van der Waals surface area contributed by atoms with E-state index >= 15 is 0 Å². The van der Waals surface area contributed by atoms with Gasteiger partial charge >= 0.3 is 0 Å². The van der Waals surface area contributed by atoms with E-state index in [1.54, 1.807) is 12.3 Å². The zero-order chi connectivity index (χ0) is 9.10. The lowest BCUT2D eigenvalue weighted by atomic mass is 10.1. The predicted molar refractivity (Wildman–Crippen MR) is 46.5 cm³/mol. The van der Waals surface area contributed by atoms with E-state index in [0.29, 0.717) is 11.3 Å². The van der Waals surface area contributed by atoms with Crippen LogP contribution < -0.4 is 0 Å². The Balaban J connectivity index is 2.59. The van der Waals surface area contributed by atoms with E-state index in [2.05, 4.69) is 21.5 Å². The number of nitriles is 1. The van der Waals surface area contributed by atoms with Gasteiger partial charge < -0.3 is 0 Å². The number of H-pyrrole nitrogens is 1. The summed E-state index contributed by atoms with van der Waals surface area (Å²) in [5.74, 6) is 0. The van der Waals surface area contributed by atoms with Gasteiger partial charge in [-0.3, -0.25) is 5.10 Å². The molecule has 4 nitrogen and oxygen atoms in total. The molecule has 0 aliphatic carbocycles. The molecule has 0 saturated heterocycles. The lowest BCUT2D eigenvalue weighted by Crippen LogP contribution is -1.83. The topological polar surface area (TPSA) is 65.4 Å². The van der Waals surface area contributed by atoms with E-state index in [1.165, 1.54) is 0 Å². The summed E-state index contributed by atoms with van der Waals surface area (Å²) in [4.78, 5) is 0. The average Bonchev–Trinajstić information content (AvgIpc) is 2.70. The second kappa shape index (κ2) is 3.07. The molecule has 0 aliphatic rings. The summed E-state index contributed by atoms with van der Waals surface area (Å²) in [6.45, 7) is 0. The fourth-order valence-corrected chi connectivity index (χ4v) is 1.14. The van der Waals surface area contributed by atoms with Crippen LogP contribution in [0.5, 0.6) is 0 Å². The minimum atomic E-state index is 0.608. The summed E-state index contributed by atoms with van der Waals surface area (Å²) in [6.07, 6.45) is 1.66. The second-order valence-corrected chi connectivity index (χ2v) is 2.52. The fraction of sp³-hybridized carbons (Fsp3) is 0. The summed E-state index contributed by atoms with van der Waals surface area (Å²) in [5.41, 5.74) is 2.10. The molecule has 0 atom stereocenters. The van der Waals surface area contributed by atoms with E-state index in [-0.39, 0.29) is 0 Å². The standard InChI is InChI=1S/C9H6N4/c10-5-7-3-1-2-4-8(7)9-6-11-13-12-9/h1-4,6H,(H,11,12,13). The highest BCUT2D eigenvalue weighted by atomic mass is 15.3. The normalized spacial score (nSPS) is 9.46. The van der Waals surface area contributed by atoms with Crippen LogP contribution in [0.15, 0.2) is 30.5 Å². The van der Waals surface area contributed by atoms with E-state index in [1.807, 2.05) is 18.2 Å². The maximum absolute atomic E-state index is 8.81. The van der Waals surface area contributed by atoms with Gasteiger partial charge in [-0.15, -0.1) is 5.10 Å². The monoisotopic (exact) mass is 170 g/mol. The Labute approximate surface area is 74.8 Å². The maximum Gasteiger partial charge on any atom is 0.114 e. The Morgan fingerprint density at radius 1 is 1.31 bits per heavy atom. The first-order chi connectivity index (χ1) is 6.42. The summed E-state index contributed by atoms with van der Waals surface area (Å²) in [7, 11) is 0. The number of aromatic nitrogens is 3. The molecule has 1 aromatic heterocycles. The fourth-order valence-electron chi connectivity index (χ4n) is 1.14. The van der Waals surface area contributed by atoms with Crippen molar-refractivity contribution in [1.29, 1.82) is 5.26 Å². The van der Waals surface area contributed by atoms with Gasteiger partial charge in [0.15, 0.2) is 0 Å². The van der Waals surface area contributed by atoms with Crippen molar-refractivity contribution in [2.24, 2.45) is 0 Å². The third-order valence-corrected chi connectivity index (χ3v) is 1.74. The molecular weight excluding hydrogens is 164 g/mol. The van der Waals surface area contributed by atoms with Gasteiger partial charge in [0.25, 0.3) is 0 Å². The van der Waals surface area contributed by atoms with Gasteiger partial charge in [-0.1, -0.05) is 23.4 Å². The Bertz CT molecular complexity index is 439. The van der Waals surface area contributed by atoms with Gasteiger partial charge in [-0.2, -0.15) is 5.26 Å². The van der Waals surface area contributed by atoms with Gasteiger partial charge in [0.05, 0.1) is 17.8 Å². The van der Waals surface area contributed by atoms with Crippen molar-refractivity contribution < 1.29 is 0 Å². The molecule has 0 fully saturated rings. The quantitative estimate of drug-likeness (QED) is 0.702. The SMILES string of the molecule is N#Cc1ccccc1-c1c[nH]nn1. The van der Waals surface area contributed by atoms with Crippen molar-refractivity contribution in [2.75, 3.05) is 0 Å². The first-order valence-electron chi connectivity index (χ1n) is 3.78. The zero-order valence-corrected chi connectivity index (χ0v) is 6.73. The number of nitrogens with one attached hydrogen (secondary N) is 1. The molecular formula is C9H6N4. The van der Waals surface area contributed by atoms with E-state index in [4.69, 9.17) is 5.26 Å². The summed E-state index contributed by atoms with van der Waals surface area (Å²) in [5, 5.41) is 18.8. The molecule has 1 heterocycles. The molecule has 0 unspecified atom stereocenters. The van der Waals surface area contributed by atoms with Crippen LogP contribution in [0.25, 0.3) is 11.3 Å². The summed E-state index contributed by atoms with van der Waals surface area (Å²) < 4.78 is 0. The number of hydrogen-bond acceptors (Lipinski definition) is 3. The Morgan fingerprint density at radius 2 is 2.15 bits per heavy atom. The van der Waals surface area contributed by atoms with Crippen LogP contribution in [0.3, 0.4) is 0 Å². The number of aromatic amines is 1. The molecule has 0 saturated carbocycles. The molecule has 0 aliphatic heterocycles. The molecule has 0 spiro atoms. The Hall–Kier alpha value is -2.15. The maximum atomic E-state index is 8.81. The number of rotatable bonds is 1. The van der Waals surface area contributed by atoms with Gasteiger partial charge in [0.1, 0.15) is 5.69 Å². The first kappa shape index (κ1) is 7.50. The highest BCUT2D eigenvalue weighted by Crippen LogP contribution is 2.19. The van der Waals surface area contributed by atoms with Crippen LogP contribution in [0.4, 0.5) is 0 Å². The van der Waals surface area contributed by atoms with E-state index in [0.717, 1.165) is 5.56 Å². The molecule has 1 N–H and O–H groups in total. The van der Waals surface area contributed by atoms with Crippen LogP contribution in [-0.4, -0.2) is 15.4 Å². The molecule has 0 bridgehead atoms. The van der Waals surface area contributed by atoms with Crippen LogP contribution >= 0.6 is 0 Å². The van der Waals surface area contributed by atoms with Gasteiger partial charge in [0.2, 0.25) is 0 Å². The van der Waals surface area contributed by atoms with Crippen LogP contribution in [0, 0.1) is 11.3 Å². The Kier molecular flexibility index (Phi) is 1.77. The van der Waals surface area contributed by atoms with Crippen molar-refractivity contribution in [2.45, 2.75) is 0 Å². The molecule has 13 heavy (non-hydrogen) atoms. The molecule has 2 rings (SSSR count). The zero-order valence-electron chi connectivity index (χ0n) is 6.73. The number of hydrogen-bond donors (Lipinski definition) is 1. The second-order valence-electron chi connectivity index (χ2n) is 2.52. The van der Waals surface area contributed by atoms with Gasteiger partial charge in [-0.05, 0) is 6.07 Å². The molecule has 2 aromatic rings. The minimum absolute atomic E-state index is 0.608. The largest absolute Gasteiger partial charge is 0.265 e. The highest BCUT2D eigenvalue weighted by Gasteiger charge is 2.04. The van der Waals surface area contributed by atoms with Crippen molar-refractivity contribution >= 4 is 0 Å². The molecule has 1 aromatic carbocycles. The molecule has 0 radical (unpaired) electrons. The van der Waals surface area contributed by atoms with E-state index in [9.17, 15) is 0 Å².